The van der Waals surface area contributed by atoms with Crippen molar-refractivity contribution in [2.75, 3.05) is 18.0 Å². The van der Waals surface area contributed by atoms with Crippen LogP contribution in [0.25, 0.3) is 12.2 Å². The minimum absolute atomic E-state index is 0.127. The van der Waals surface area contributed by atoms with E-state index in [1.165, 1.54) is 18.9 Å². The molecule has 124 valence electrons. The highest BCUT2D eigenvalue weighted by Crippen LogP contribution is 2.21. The van der Waals surface area contributed by atoms with Gasteiger partial charge in [-0.1, -0.05) is 18.2 Å². The number of rotatable bonds is 4. The van der Waals surface area contributed by atoms with Crippen molar-refractivity contribution >= 4 is 23.5 Å². The van der Waals surface area contributed by atoms with Crippen LogP contribution in [0.15, 0.2) is 33.9 Å². The van der Waals surface area contributed by atoms with E-state index < -0.39 is 21.9 Å². The van der Waals surface area contributed by atoms with Gasteiger partial charge in [0.15, 0.2) is 0 Å². The number of hydrogen-bond acceptors (Lipinski definition) is 5. The first-order valence-corrected chi connectivity index (χ1v) is 7.59. The lowest BCUT2D eigenvalue weighted by molar-refractivity contribution is -0.386. The van der Waals surface area contributed by atoms with Crippen molar-refractivity contribution in [2.24, 2.45) is 0 Å². The summed E-state index contributed by atoms with van der Waals surface area (Å²) in [7, 11) is 0. The number of benzene rings is 1. The zero-order valence-electron chi connectivity index (χ0n) is 12.8. The molecule has 0 saturated carbocycles. The average molecular weight is 328 g/mol. The summed E-state index contributed by atoms with van der Waals surface area (Å²) in [4.78, 5) is 39.5. The fourth-order valence-electron chi connectivity index (χ4n) is 2.75. The molecular weight excluding hydrogens is 312 g/mol. The molecule has 3 rings (SSSR count). The monoisotopic (exact) mass is 328 g/mol. The molecule has 0 atom stereocenters. The lowest BCUT2D eigenvalue weighted by atomic mass is 10.1. The number of nitrogens with zero attached hydrogens (tertiary/aromatic N) is 2. The number of H-pyrrole nitrogens is 2. The van der Waals surface area contributed by atoms with Gasteiger partial charge in [0.2, 0.25) is 0 Å². The highest BCUT2D eigenvalue weighted by molar-refractivity contribution is 5.72. The van der Waals surface area contributed by atoms with Crippen LogP contribution < -0.4 is 16.1 Å². The van der Waals surface area contributed by atoms with Crippen molar-refractivity contribution in [2.45, 2.75) is 12.8 Å². The Kier molecular flexibility index (Phi) is 4.28. The summed E-state index contributed by atoms with van der Waals surface area (Å²) in [6.45, 7) is 2.10. The third-order valence-corrected chi connectivity index (χ3v) is 3.93. The Morgan fingerprint density at radius 3 is 2.33 bits per heavy atom. The minimum atomic E-state index is -1.02. The van der Waals surface area contributed by atoms with Gasteiger partial charge in [0.05, 0.1) is 4.92 Å². The van der Waals surface area contributed by atoms with E-state index in [1.807, 2.05) is 29.2 Å². The van der Waals surface area contributed by atoms with Crippen LogP contribution in [-0.2, 0) is 0 Å². The summed E-state index contributed by atoms with van der Waals surface area (Å²) in [6.07, 6.45) is 5.37. The number of aromatic nitrogens is 2. The van der Waals surface area contributed by atoms with Crippen LogP contribution in [0.4, 0.5) is 11.4 Å². The number of aromatic amines is 2. The van der Waals surface area contributed by atoms with Gasteiger partial charge in [-0.25, -0.2) is 4.79 Å². The molecule has 24 heavy (non-hydrogen) atoms. The molecule has 0 spiro atoms. The molecule has 2 aromatic rings. The van der Waals surface area contributed by atoms with E-state index >= 15 is 0 Å². The maximum absolute atomic E-state index is 11.5. The van der Waals surface area contributed by atoms with E-state index in [9.17, 15) is 19.7 Å². The molecule has 1 saturated heterocycles. The predicted molar refractivity (Wildman–Crippen MR) is 91.2 cm³/mol. The first kappa shape index (κ1) is 15.7. The fourth-order valence-corrected chi connectivity index (χ4v) is 2.75. The summed E-state index contributed by atoms with van der Waals surface area (Å²) in [5.41, 5.74) is -0.659. The van der Waals surface area contributed by atoms with E-state index in [0.29, 0.717) is 0 Å². The third-order valence-electron chi connectivity index (χ3n) is 3.93. The largest absolute Gasteiger partial charge is 0.372 e. The zero-order chi connectivity index (χ0) is 17.1. The maximum atomic E-state index is 11.5. The molecule has 1 aliphatic rings. The van der Waals surface area contributed by atoms with Crippen molar-refractivity contribution < 1.29 is 4.92 Å². The van der Waals surface area contributed by atoms with Gasteiger partial charge < -0.3 is 9.88 Å². The molecule has 0 amide bonds. The molecule has 8 heteroatoms. The molecule has 1 aromatic heterocycles. The molecule has 0 radical (unpaired) electrons. The highest BCUT2D eigenvalue weighted by atomic mass is 16.6. The fraction of sp³-hybridized carbons (Fsp3) is 0.250. The molecular formula is C16H16N4O4. The van der Waals surface area contributed by atoms with Crippen molar-refractivity contribution in [3.63, 3.8) is 0 Å². The molecule has 8 nitrogen and oxygen atoms in total. The first-order valence-electron chi connectivity index (χ1n) is 7.59. The number of anilines is 1. The molecule has 1 aromatic carbocycles. The smallest absolute Gasteiger partial charge is 0.357 e. The highest BCUT2D eigenvalue weighted by Gasteiger charge is 2.18. The van der Waals surface area contributed by atoms with Gasteiger partial charge in [-0.15, -0.1) is 0 Å². The van der Waals surface area contributed by atoms with Crippen LogP contribution in [0.3, 0.4) is 0 Å². The Morgan fingerprint density at radius 1 is 1.04 bits per heavy atom. The third kappa shape index (κ3) is 3.27. The Morgan fingerprint density at radius 2 is 1.71 bits per heavy atom. The predicted octanol–water partition coefficient (Wildman–Crippen LogP) is 1.74. The summed E-state index contributed by atoms with van der Waals surface area (Å²) >= 11 is 0. The molecule has 2 heterocycles. The minimum Gasteiger partial charge on any atom is -0.372 e. The summed E-state index contributed by atoms with van der Waals surface area (Å²) < 4.78 is 0. The van der Waals surface area contributed by atoms with Gasteiger partial charge in [-0.05, 0) is 36.6 Å². The number of hydrogen-bond donors (Lipinski definition) is 2. The molecule has 1 fully saturated rings. The summed E-state index contributed by atoms with van der Waals surface area (Å²) in [5, 5.41) is 11.0. The van der Waals surface area contributed by atoms with E-state index in [4.69, 9.17) is 0 Å². The average Bonchev–Trinajstić information content (AvgIpc) is 3.06. The second kappa shape index (κ2) is 6.53. The van der Waals surface area contributed by atoms with E-state index in [-0.39, 0.29) is 5.69 Å². The van der Waals surface area contributed by atoms with Gasteiger partial charge >= 0.3 is 16.9 Å². The Balaban J connectivity index is 1.87. The number of nitrogens with one attached hydrogen (secondary N) is 2. The Bertz CT molecular complexity index is 890. The lowest BCUT2D eigenvalue weighted by Gasteiger charge is -2.17. The Labute approximate surface area is 136 Å². The quantitative estimate of drug-likeness (QED) is 0.656. The van der Waals surface area contributed by atoms with E-state index in [1.54, 1.807) is 6.08 Å². The van der Waals surface area contributed by atoms with E-state index in [2.05, 4.69) is 9.88 Å². The van der Waals surface area contributed by atoms with Crippen molar-refractivity contribution in [1.82, 2.24) is 9.97 Å². The summed E-state index contributed by atoms with van der Waals surface area (Å²) in [5.74, 6) is 0. The number of nitro groups is 1. The molecule has 1 aliphatic heterocycles. The van der Waals surface area contributed by atoms with Gasteiger partial charge in [0.1, 0.15) is 5.69 Å². The normalized spacial score (nSPS) is 14.4. The molecule has 2 N–H and O–H groups in total. The van der Waals surface area contributed by atoms with Crippen LogP contribution in [0.1, 0.15) is 24.1 Å². The lowest BCUT2D eigenvalue weighted by Crippen LogP contribution is -2.25. The van der Waals surface area contributed by atoms with E-state index in [0.717, 1.165) is 24.3 Å². The van der Waals surface area contributed by atoms with Crippen molar-refractivity contribution in [3.05, 3.63) is 66.5 Å². The SMILES string of the molecule is O=c1[nH]c(/C=C\c2ccc(N3CCCC3)cc2)c([N+](=O)[O-])c(=O)[nH]1. The zero-order valence-corrected chi connectivity index (χ0v) is 12.8. The van der Waals surface area contributed by atoms with Gasteiger partial charge in [-0.3, -0.25) is 19.9 Å². The van der Waals surface area contributed by atoms with Crippen LogP contribution in [-0.4, -0.2) is 28.0 Å². The van der Waals surface area contributed by atoms with Crippen LogP contribution in [0.2, 0.25) is 0 Å². The van der Waals surface area contributed by atoms with Crippen LogP contribution >= 0.6 is 0 Å². The van der Waals surface area contributed by atoms with Gasteiger partial charge in [0, 0.05) is 18.8 Å². The second-order valence-electron chi connectivity index (χ2n) is 5.55. The molecule has 0 bridgehead atoms. The second-order valence-corrected chi connectivity index (χ2v) is 5.55. The first-order chi connectivity index (χ1) is 11.5. The topological polar surface area (TPSA) is 112 Å². The standard InChI is InChI=1S/C16H16N4O4/c21-15-14(20(23)24)13(17-16(22)18-15)8-5-11-3-6-12(7-4-11)19-9-1-2-10-19/h3-8H,1-2,9-10H2,(H2,17,18,21,22)/b8-5-. The van der Waals surface area contributed by atoms with Gasteiger partial charge in [-0.2, -0.15) is 0 Å². The van der Waals surface area contributed by atoms with Gasteiger partial charge in [0.25, 0.3) is 0 Å². The van der Waals surface area contributed by atoms with Crippen molar-refractivity contribution in [3.8, 4) is 0 Å². The van der Waals surface area contributed by atoms with Crippen LogP contribution in [0, 0.1) is 10.1 Å². The Hall–Kier alpha value is -3.16. The van der Waals surface area contributed by atoms with Crippen LogP contribution in [0.5, 0.6) is 0 Å². The molecule has 0 aliphatic carbocycles. The molecule has 0 unspecified atom stereocenters. The van der Waals surface area contributed by atoms with Crippen molar-refractivity contribution in [1.29, 1.82) is 0 Å². The maximum Gasteiger partial charge on any atom is 0.357 e. The summed E-state index contributed by atoms with van der Waals surface area (Å²) in [6, 6.07) is 7.75.